The highest BCUT2D eigenvalue weighted by Gasteiger charge is 2.43. The zero-order valence-electron chi connectivity index (χ0n) is 15.9. The number of urea groups is 1. The second kappa shape index (κ2) is 6.88. The van der Waals surface area contributed by atoms with Gasteiger partial charge in [0, 0.05) is 38.1 Å². The van der Waals surface area contributed by atoms with Crippen molar-refractivity contribution in [3.8, 4) is 0 Å². The van der Waals surface area contributed by atoms with Crippen LogP contribution in [0.25, 0.3) is 10.9 Å². The van der Waals surface area contributed by atoms with Gasteiger partial charge in [-0.15, -0.1) is 0 Å². The van der Waals surface area contributed by atoms with Gasteiger partial charge in [-0.2, -0.15) is 0 Å². The second-order valence-corrected chi connectivity index (χ2v) is 7.55. The number of hydrogen-bond donors (Lipinski definition) is 2. The third kappa shape index (κ3) is 3.16. The van der Waals surface area contributed by atoms with Gasteiger partial charge in [0.15, 0.2) is 0 Å². The van der Waals surface area contributed by atoms with Crippen molar-refractivity contribution in [2.24, 2.45) is 0 Å². The third-order valence-corrected chi connectivity index (χ3v) is 5.72. The minimum atomic E-state index is -0.337. The predicted molar refractivity (Wildman–Crippen MR) is 103 cm³/mol. The van der Waals surface area contributed by atoms with E-state index < -0.39 is 0 Å². The number of piperidine rings is 1. The number of rotatable bonds is 2. The minimum absolute atomic E-state index is 0.0303. The summed E-state index contributed by atoms with van der Waals surface area (Å²) in [4.78, 5) is 30.9. The van der Waals surface area contributed by atoms with Gasteiger partial charge in [0.05, 0.1) is 18.8 Å². The number of carbonyl (C=O) groups is 2. The molecule has 1 saturated heterocycles. The molecule has 7 heteroatoms. The van der Waals surface area contributed by atoms with Gasteiger partial charge in [-0.25, -0.2) is 4.79 Å². The molecule has 0 unspecified atom stereocenters. The fourth-order valence-electron chi connectivity index (χ4n) is 4.20. The van der Waals surface area contributed by atoms with Crippen LogP contribution in [-0.2, 0) is 21.6 Å². The third-order valence-electron chi connectivity index (χ3n) is 5.72. The number of nitrogens with zero attached hydrogens (tertiary/aromatic N) is 2. The summed E-state index contributed by atoms with van der Waals surface area (Å²) in [7, 11) is 3.31. The molecule has 0 saturated carbocycles. The van der Waals surface area contributed by atoms with Gasteiger partial charge in [-0.05, 0) is 30.9 Å². The maximum atomic E-state index is 12.4. The minimum Gasteiger partial charge on any atom is -0.368 e. The van der Waals surface area contributed by atoms with E-state index in [1.165, 1.54) is 21.5 Å². The number of nitrogens with one attached hydrogen (secondary N) is 2. The Morgan fingerprint density at radius 3 is 2.74 bits per heavy atom. The average Bonchev–Trinajstić information content (AvgIpc) is 3.07. The van der Waals surface area contributed by atoms with E-state index in [1.54, 1.807) is 14.1 Å². The molecule has 144 valence electrons. The number of aromatic nitrogens is 1. The Labute approximate surface area is 158 Å². The van der Waals surface area contributed by atoms with Crippen molar-refractivity contribution >= 4 is 22.8 Å². The van der Waals surface area contributed by atoms with Crippen LogP contribution in [0.5, 0.6) is 0 Å². The standard InChI is InChI=1S/C20H26N4O3/c1-23(2)19(26)21-13-17(25)24-10-8-20(9-11-24)18-15(7-12-27-20)14-5-3-4-6-16(14)22-18/h3-6,22H,7-13H2,1-2H3,(H,21,26). The van der Waals surface area contributed by atoms with E-state index in [-0.39, 0.29) is 24.1 Å². The molecule has 2 aliphatic rings. The maximum absolute atomic E-state index is 12.4. The summed E-state index contributed by atoms with van der Waals surface area (Å²) in [6, 6.07) is 8.13. The molecule has 0 atom stereocenters. The van der Waals surface area contributed by atoms with Crippen molar-refractivity contribution in [1.82, 2.24) is 20.1 Å². The molecule has 1 spiro atoms. The molecule has 1 aromatic heterocycles. The molecule has 27 heavy (non-hydrogen) atoms. The van der Waals surface area contributed by atoms with Gasteiger partial charge in [-0.1, -0.05) is 18.2 Å². The van der Waals surface area contributed by atoms with Crippen LogP contribution in [0.15, 0.2) is 24.3 Å². The Kier molecular flexibility index (Phi) is 4.55. The normalized spacial score (nSPS) is 18.4. The highest BCUT2D eigenvalue weighted by atomic mass is 16.5. The molecule has 4 rings (SSSR count). The van der Waals surface area contributed by atoms with Crippen molar-refractivity contribution in [3.63, 3.8) is 0 Å². The molecule has 3 heterocycles. The number of ether oxygens (including phenoxy) is 1. The lowest BCUT2D eigenvalue weighted by Crippen LogP contribution is -2.51. The van der Waals surface area contributed by atoms with Crippen LogP contribution in [0.2, 0.25) is 0 Å². The van der Waals surface area contributed by atoms with E-state index in [2.05, 4.69) is 28.5 Å². The summed E-state index contributed by atoms with van der Waals surface area (Å²) >= 11 is 0. The molecule has 0 aliphatic carbocycles. The summed E-state index contributed by atoms with van der Waals surface area (Å²) in [5, 5.41) is 3.92. The van der Waals surface area contributed by atoms with Gasteiger partial charge in [0.1, 0.15) is 5.60 Å². The zero-order valence-corrected chi connectivity index (χ0v) is 15.9. The van der Waals surface area contributed by atoms with Crippen molar-refractivity contribution in [2.45, 2.75) is 24.9 Å². The van der Waals surface area contributed by atoms with Crippen LogP contribution in [0.4, 0.5) is 4.79 Å². The molecule has 2 N–H and O–H groups in total. The Morgan fingerprint density at radius 1 is 1.26 bits per heavy atom. The molecule has 0 bridgehead atoms. The summed E-state index contributed by atoms with van der Waals surface area (Å²) in [6.07, 6.45) is 2.45. The fraction of sp³-hybridized carbons (Fsp3) is 0.500. The Bertz CT molecular complexity index is 865. The number of benzene rings is 1. The van der Waals surface area contributed by atoms with Crippen molar-refractivity contribution in [3.05, 3.63) is 35.5 Å². The molecule has 1 aromatic carbocycles. The van der Waals surface area contributed by atoms with E-state index >= 15 is 0 Å². The van der Waals surface area contributed by atoms with Crippen molar-refractivity contribution < 1.29 is 14.3 Å². The zero-order chi connectivity index (χ0) is 19.0. The smallest absolute Gasteiger partial charge is 0.317 e. The first kappa shape index (κ1) is 17.9. The van der Waals surface area contributed by atoms with Gasteiger partial charge >= 0.3 is 6.03 Å². The van der Waals surface area contributed by atoms with Crippen LogP contribution < -0.4 is 5.32 Å². The molecule has 0 radical (unpaired) electrons. The first-order valence-electron chi connectivity index (χ1n) is 9.47. The summed E-state index contributed by atoms with van der Waals surface area (Å²) in [5.41, 5.74) is 3.35. The van der Waals surface area contributed by atoms with E-state index in [4.69, 9.17) is 4.74 Å². The van der Waals surface area contributed by atoms with E-state index in [9.17, 15) is 9.59 Å². The largest absolute Gasteiger partial charge is 0.368 e. The Balaban J connectivity index is 1.46. The van der Waals surface area contributed by atoms with Gasteiger partial charge in [0.2, 0.25) is 5.91 Å². The second-order valence-electron chi connectivity index (χ2n) is 7.55. The highest BCUT2D eigenvalue weighted by Crippen LogP contribution is 2.43. The highest BCUT2D eigenvalue weighted by molar-refractivity contribution is 5.85. The Hall–Kier alpha value is -2.54. The van der Waals surface area contributed by atoms with Gasteiger partial charge in [0.25, 0.3) is 0 Å². The molecule has 7 nitrogen and oxygen atoms in total. The van der Waals surface area contributed by atoms with E-state index in [0.29, 0.717) is 19.7 Å². The number of H-pyrrole nitrogens is 1. The number of aromatic amines is 1. The molecule has 2 aromatic rings. The molecular formula is C20H26N4O3. The van der Waals surface area contributed by atoms with Crippen molar-refractivity contribution in [1.29, 1.82) is 0 Å². The predicted octanol–water partition coefficient (Wildman–Crippen LogP) is 1.83. The number of para-hydroxylation sites is 1. The summed E-state index contributed by atoms with van der Waals surface area (Å²) < 4.78 is 6.27. The molecule has 1 fully saturated rings. The number of fused-ring (bicyclic) bond motifs is 4. The number of amides is 3. The molecule has 3 amide bonds. The van der Waals surface area contributed by atoms with Crippen LogP contribution in [0.3, 0.4) is 0 Å². The lowest BCUT2D eigenvalue weighted by atomic mass is 9.83. The first-order valence-corrected chi connectivity index (χ1v) is 9.47. The number of carbonyl (C=O) groups excluding carboxylic acids is 2. The fourth-order valence-corrected chi connectivity index (χ4v) is 4.20. The molecular weight excluding hydrogens is 344 g/mol. The van der Waals surface area contributed by atoms with Crippen LogP contribution in [0.1, 0.15) is 24.1 Å². The SMILES string of the molecule is CN(C)C(=O)NCC(=O)N1CCC2(CC1)OCCc1c2[nH]c2ccccc12. The van der Waals surface area contributed by atoms with Crippen LogP contribution in [-0.4, -0.2) is 67.1 Å². The number of likely N-dealkylation sites (tertiary alicyclic amines) is 1. The average molecular weight is 370 g/mol. The topological polar surface area (TPSA) is 77.7 Å². The maximum Gasteiger partial charge on any atom is 0.317 e. The van der Waals surface area contributed by atoms with Gasteiger partial charge in [-0.3, -0.25) is 4.79 Å². The Morgan fingerprint density at radius 2 is 2.00 bits per heavy atom. The first-order chi connectivity index (χ1) is 13.0. The monoisotopic (exact) mass is 370 g/mol. The van der Waals surface area contributed by atoms with Crippen LogP contribution in [0, 0.1) is 0 Å². The van der Waals surface area contributed by atoms with E-state index in [0.717, 1.165) is 24.8 Å². The molecule has 2 aliphatic heterocycles. The summed E-state index contributed by atoms with van der Waals surface area (Å²) in [6.45, 7) is 2.00. The van der Waals surface area contributed by atoms with Crippen molar-refractivity contribution in [2.75, 3.05) is 40.3 Å². The lowest BCUT2D eigenvalue weighted by Gasteiger charge is -2.43. The summed E-state index contributed by atoms with van der Waals surface area (Å²) in [5.74, 6) is -0.0484. The quantitative estimate of drug-likeness (QED) is 0.847. The van der Waals surface area contributed by atoms with Crippen LogP contribution >= 0.6 is 0 Å². The number of hydrogen-bond acceptors (Lipinski definition) is 3. The van der Waals surface area contributed by atoms with Gasteiger partial charge < -0.3 is 24.8 Å². The lowest BCUT2D eigenvalue weighted by molar-refractivity contribution is -0.140. The van der Waals surface area contributed by atoms with E-state index in [1.807, 2.05) is 11.0 Å².